The molecule has 0 fully saturated rings. The third-order valence-electron chi connectivity index (χ3n) is 3.36. The van der Waals surface area contributed by atoms with Crippen LogP contribution in [0.5, 0.6) is 0 Å². The van der Waals surface area contributed by atoms with Crippen LogP contribution in [0.1, 0.15) is 12.5 Å². The van der Waals surface area contributed by atoms with Crippen LogP contribution in [0.15, 0.2) is 35.3 Å². The SMILES string of the molecule is CC(=O)Nc1ccnc(NCc2cc3cc(Cl)c(F)cc3[nH]c2=O)n1. The Morgan fingerprint density at radius 2 is 2.16 bits per heavy atom. The minimum atomic E-state index is -0.598. The Morgan fingerprint density at radius 3 is 2.92 bits per heavy atom. The van der Waals surface area contributed by atoms with Crippen LogP contribution in [0.2, 0.25) is 5.02 Å². The largest absolute Gasteiger partial charge is 0.350 e. The van der Waals surface area contributed by atoms with Crippen LogP contribution >= 0.6 is 11.6 Å². The van der Waals surface area contributed by atoms with Gasteiger partial charge in [0.05, 0.1) is 10.5 Å². The van der Waals surface area contributed by atoms with Gasteiger partial charge in [0.15, 0.2) is 0 Å². The summed E-state index contributed by atoms with van der Waals surface area (Å²) in [5.74, 6) is -0.249. The first-order valence-electron chi connectivity index (χ1n) is 7.28. The van der Waals surface area contributed by atoms with Crippen LogP contribution < -0.4 is 16.2 Å². The van der Waals surface area contributed by atoms with Gasteiger partial charge in [-0.1, -0.05) is 11.6 Å². The van der Waals surface area contributed by atoms with Crippen LogP contribution in [-0.2, 0) is 11.3 Å². The molecule has 0 unspecified atom stereocenters. The molecule has 7 nitrogen and oxygen atoms in total. The molecular weight excluding hydrogens is 349 g/mol. The van der Waals surface area contributed by atoms with Crippen molar-refractivity contribution in [3.8, 4) is 0 Å². The van der Waals surface area contributed by atoms with Crippen LogP contribution in [0, 0.1) is 5.82 Å². The molecule has 0 radical (unpaired) electrons. The monoisotopic (exact) mass is 361 g/mol. The average molecular weight is 362 g/mol. The van der Waals surface area contributed by atoms with Gasteiger partial charge in [-0.15, -0.1) is 0 Å². The van der Waals surface area contributed by atoms with E-state index in [0.717, 1.165) is 0 Å². The van der Waals surface area contributed by atoms with Crippen molar-refractivity contribution in [2.45, 2.75) is 13.5 Å². The van der Waals surface area contributed by atoms with E-state index in [1.54, 1.807) is 12.1 Å². The van der Waals surface area contributed by atoms with Crippen molar-refractivity contribution >= 4 is 40.2 Å². The number of amides is 1. The quantitative estimate of drug-likeness (QED) is 0.663. The van der Waals surface area contributed by atoms with Gasteiger partial charge in [0.1, 0.15) is 11.6 Å². The Kier molecular flexibility index (Phi) is 4.62. The molecule has 2 aromatic heterocycles. The van der Waals surface area contributed by atoms with E-state index in [9.17, 15) is 14.0 Å². The van der Waals surface area contributed by atoms with E-state index in [1.807, 2.05) is 0 Å². The van der Waals surface area contributed by atoms with Gasteiger partial charge in [0, 0.05) is 30.6 Å². The van der Waals surface area contributed by atoms with E-state index < -0.39 is 5.82 Å². The predicted molar refractivity (Wildman–Crippen MR) is 93.2 cm³/mol. The van der Waals surface area contributed by atoms with E-state index in [2.05, 4.69) is 25.6 Å². The van der Waals surface area contributed by atoms with Gasteiger partial charge in [-0.05, 0) is 24.3 Å². The molecular formula is C16H13ClFN5O2. The predicted octanol–water partition coefficient (Wildman–Crippen LogP) is 2.68. The Labute approximate surface area is 146 Å². The summed E-state index contributed by atoms with van der Waals surface area (Å²) in [4.78, 5) is 33.9. The highest BCUT2D eigenvalue weighted by atomic mass is 35.5. The number of fused-ring (bicyclic) bond motifs is 1. The fourth-order valence-electron chi connectivity index (χ4n) is 2.25. The smallest absolute Gasteiger partial charge is 0.253 e. The van der Waals surface area contributed by atoms with Crippen molar-refractivity contribution in [3.63, 3.8) is 0 Å². The zero-order chi connectivity index (χ0) is 18.0. The molecule has 0 bridgehead atoms. The molecule has 2 heterocycles. The summed E-state index contributed by atoms with van der Waals surface area (Å²) in [5, 5.41) is 6.03. The molecule has 0 saturated carbocycles. The first-order chi connectivity index (χ1) is 11.9. The van der Waals surface area contributed by atoms with E-state index >= 15 is 0 Å². The van der Waals surface area contributed by atoms with Gasteiger partial charge in [0.25, 0.3) is 5.56 Å². The molecule has 1 aromatic carbocycles. The number of carbonyl (C=O) groups excluding carboxylic acids is 1. The van der Waals surface area contributed by atoms with Crippen molar-refractivity contribution in [3.05, 3.63) is 57.2 Å². The third kappa shape index (κ3) is 3.92. The Balaban J connectivity index is 1.83. The lowest BCUT2D eigenvalue weighted by molar-refractivity contribution is -0.114. The van der Waals surface area contributed by atoms with Gasteiger partial charge in [-0.25, -0.2) is 9.37 Å². The number of anilines is 2. The lowest BCUT2D eigenvalue weighted by Gasteiger charge is -2.08. The minimum absolute atomic E-state index is 0.0233. The van der Waals surface area contributed by atoms with Gasteiger partial charge in [0.2, 0.25) is 11.9 Å². The summed E-state index contributed by atoms with van der Waals surface area (Å²) in [7, 11) is 0. The molecule has 0 aliphatic rings. The molecule has 1 amide bonds. The maximum atomic E-state index is 13.5. The van der Waals surface area contributed by atoms with Gasteiger partial charge >= 0.3 is 0 Å². The van der Waals surface area contributed by atoms with Crippen LogP contribution in [0.4, 0.5) is 16.2 Å². The number of halogens is 2. The maximum Gasteiger partial charge on any atom is 0.253 e. The first kappa shape index (κ1) is 16.8. The van der Waals surface area contributed by atoms with Crippen LogP contribution in [0.3, 0.4) is 0 Å². The Morgan fingerprint density at radius 1 is 1.36 bits per heavy atom. The van der Waals surface area contributed by atoms with Gasteiger partial charge < -0.3 is 15.6 Å². The fraction of sp³-hybridized carbons (Fsp3) is 0.125. The molecule has 0 aliphatic carbocycles. The highest BCUT2D eigenvalue weighted by molar-refractivity contribution is 6.31. The first-order valence-corrected chi connectivity index (χ1v) is 7.65. The van der Waals surface area contributed by atoms with Crippen molar-refractivity contribution in [1.29, 1.82) is 0 Å². The molecule has 3 rings (SSSR count). The lowest BCUT2D eigenvalue weighted by Crippen LogP contribution is -2.17. The van der Waals surface area contributed by atoms with E-state index in [-0.39, 0.29) is 29.0 Å². The Hall–Kier alpha value is -3.00. The summed E-state index contributed by atoms with van der Waals surface area (Å²) in [6, 6.07) is 5.78. The van der Waals surface area contributed by atoms with E-state index in [0.29, 0.717) is 22.3 Å². The number of aromatic amines is 1. The topological polar surface area (TPSA) is 99.8 Å². The zero-order valence-electron chi connectivity index (χ0n) is 13.1. The van der Waals surface area contributed by atoms with Crippen molar-refractivity contribution in [1.82, 2.24) is 15.0 Å². The van der Waals surface area contributed by atoms with E-state index in [1.165, 1.54) is 25.3 Å². The molecule has 0 aliphatic heterocycles. The van der Waals surface area contributed by atoms with Crippen LogP contribution in [-0.4, -0.2) is 20.9 Å². The summed E-state index contributed by atoms with van der Waals surface area (Å²) < 4.78 is 13.5. The second-order valence-electron chi connectivity index (χ2n) is 5.28. The number of H-pyrrole nitrogens is 1. The third-order valence-corrected chi connectivity index (χ3v) is 3.65. The zero-order valence-corrected chi connectivity index (χ0v) is 13.8. The second-order valence-corrected chi connectivity index (χ2v) is 5.68. The number of carbonyl (C=O) groups is 1. The van der Waals surface area contributed by atoms with Crippen LogP contribution in [0.25, 0.3) is 10.9 Å². The summed E-state index contributed by atoms with van der Waals surface area (Å²) >= 11 is 5.77. The summed E-state index contributed by atoms with van der Waals surface area (Å²) in [5.41, 5.74) is 0.406. The molecule has 128 valence electrons. The number of nitrogens with zero attached hydrogens (tertiary/aromatic N) is 2. The average Bonchev–Trinajstić information content (AvgIpc) is 2.54. The molecule has 0 saturated heterocycles. The number of aromatic nitrogens is 3. The summed E-state index contributed by atoms with van der Waals surface area (Å²) in [6.45, 7) is 1.52. The fourth-order valence-corrected chi connectivity index (χ4v) is 2.42. The van der Waals surface area contributed by atoms with Gasteiger partial charge in [-0.2, -0.15) is 4.98 Å². The van der Waals surface area contributed by atoms with Gasteiger partial charge in [-0.3, -0.25) is 9.59 Å². The number of rotatable bonds is 4. The summed E-state index contributed by atoms with van der Waals surface area (Å²) in [6.07, 6.45) is 1.48. The molecule has 3 aromatic rings. The Bertz CT molecular complexity index is 1020. The highest BCUT2D eigenvalue weighted by Gasteiger charge is 2.08. The molecule has 25 heavy (non-hydrogen) atoms. The number of pyridine rings is 1. The highest BCUT2D eigenvalue weighted by Crippen LogP contribution is 2.21. The second kappa shape index (κ2) is 6.86. The van der Waals surface area contributed by atoms with Crippen molar-refractivity contribution < 1.29 is 9.18 Å². The normalized spacial score (nSPS) is 10.7. The minimum Gasteiger partial charge on any atom is -0.350 e. The van der Waals surface area contributed by atoms with Crippen molar-refractivity contribution in [2.75, 3.05) is 10.6 Å². The standard InChI is InChI=1S/C16H13ClFN5O2/c1-8(24)21-14-2-3-19-16(23-14)20-7-10-4-9-5-11(17)12(18)6-13(9)22-15(10)25/h2-6H,7H2,1H3,(H,22,25)(H2,19,20,21,23,24). The number of hydrogen-bond acceptors (Lipinski definition) is 5. The number of benzene rings is 1. The number of nitrogens with one attached hydrogen (secondary N) is 3. The van der Waals surface area contributed by atoms with Crippen molar-refractivity contribution in [2.24, 2.45) is 0 Å². The molecule has 3 N–H and O–H groups in total. The molecule has 9 heteroatoms. The van der Waals surface area contributed by atoms with E-state index in [4.69, 9.17) is 11.6 Å². The molecule has 0 spiro atoms. The maximum absolute atomic E-state index is 13.5. The number of hydrogen-bond donors (Lipinski definition) is 3. The lowest BCUT2D eigenvalue weighted by atomic mass is 10.1. The molecule has 0 atom stereocenters.